The zero-order valence-electron chi connectivity index (χ0n) is 13.8. The number of aryl methyl sites for hydroxylation is 1. The van der Waals surface area contributed by atoms with Crippen LogP contribution in [0.4, 0.5) is 11.4 Å². The number of methoxy groups -OCH3 is 1. The molecule has 5 nitrogen and oxygen atoms in total. The largest absolute Gasteiger partial charge is 0.497 e. The SMILES string of the molecule is COc1ccc(CC(=O)Nc2ccc3c(c2)CCC(=O)N3C)cc1. The quantitative estimate of drug-likeness (QED) is 0.941. The van der Waals surface area contributed by atoms with Gasteiger partial charge in [-0.25, -0.2) is 0 Å². The third-order valence-corrected chi connectivity index (χ3v) is 4.23. The summed E-state index contributed by atoms with van der Waals surface area (Å²) in [4.78, 5) is 25.6. The smallest absolute Gasteiger partial charge is 0.228 e. The number of amides is 2. The van der Waals surface area contributed by atoms with E-state index in [2.05, 4.69) is 5.32 Å². The highest BCUT2D eigenvalue weighted by molar-refractivity contribution is 5.97. The van der Waals surface area contributed by atoms with Crippen LogP contribution >= 0.6 is 0 Å². The summed E-state index contributed by atoms with van der Waals surface area (Å²) in [5, 5.41) is 2.92. The van der Waals surface area contributed by atoms with E-state index in [0.717, 1.165) is 28.3 Å². The molecule has 0 fully saturated rings. The molecule has 0 spiro atoms. The van der Waals surface area contributed by atoms with Crippen molar-refractivity contribution >= 4 is 23.2 Å². The van der Waals surface area contributed by atoms with Gasteiger partial charge in [0, 0.05) is 24.8 Å². The summed E-state index contributed by atoms with van der Waals surface area (Å²) in [6.07, 6.45) is 1.52. The van der Waals surface area contributed by atoms with E-state index in [1.807, 2.05) is 42.5 Å². The Bertz CT molecular complexity index is 769. The average molecular weight is 324 g/mol. The van der Waals surface area contributed by atoms with Gasteiger partial charge in [-0.3, -0.25) is 9.59 Å². The molecule has 0 aromatic heterocycles. The van der Waals surface area contributed by atoms with Gasteiger partial charge in [-0.15, -0.1) is 0 Å². The van der Waals surface area contributed by atoms with Crippen LogP contribution in [0.3, 0.4) is 0 Å². The van der Waals surface area contributed by atoms with Crippen molar-refractivity contribution in [2.75, 3.05) is 24.4 Å². The zero-order valence-corrected chi connectivity index (χ0v) is 13.8. The zero-order chi connectivity index (χ0) is 17.1. The predicted octanol–water partition coefficient (Wildman–Crippen LogP) is 2.79. The maximum atomic E-state index is 12.2. The van der Waals surface area contributed by atoms with E-state index in [1.54, 1.807) is 19.1 Å². The molecule has 1 aliphatic rings. The minimum atomic E-state index is -0.0691. The Balaban J connectivity index is 1.67. The molecule has 1 heterocycles. The summed E-state index contributed by atoms with van der Waals surface area (Å²) in [5.41, 5.74) is 3.69. The number of carbonyl (C=O) groups excluding carboxylic acids is 2. The fourth-order valence-electron chi connectivity index (χ4n) is 2.87. The topological polar surface area (TPSA) is 58.6 Å². The second-order valence-corrected chi connectivity index (χ2v) is 5.87. The fourth-order valence-corrected chi connectivity index (χ4v) is 2.87. The summed E-state index contributed by atoms with van der Waals surface area (Å²) >= 11 is 0. The van der Waals surface area contributed by atoms with Crippen molar-refractivity contribution in [2.24, 2.45) is 0 Å². The fraction of sp³-hybridized carbons (Fsp3) is 0.263. The molecule has 0 aliphatic carbocycles. The predicted molar refractivity (Wildman–Crippen MR) is 93.5 cm³/mol. The Morgan fingerprint density at radius 2 is 1.92 bits per heavy atom. The number of nitrogens with zero attached hydrogens (tertiary/aromatic N) is 1. The summed E-state index contributed by atoms with van der Waals surface area (Å²) in [5.74, 6) is 0.826. The van der Waals surface area contributed by atoms with Crippen LogP contribution in [0.15, 0.2) is 42.5 Å². The van der Waals surface area contributed by atoms with E-state index in [-0.39, 0.29) is 11.8 Å². The molecule has 0 bridgehead atoms. The van der Waals surface area contributed by atoms with Gasteiger partial charge in [0.15, 0.2) is 0 Å². The Morgan fingerprint density at radius 3 is 2.62 bits per heavy atom. The number of hydrogen-bond acceptors (Lipinski definition) is 3. The second kappa shape index (κ2) is 6.74. The molecular formula is C19H20N2O3. The molecule has 1 N–H and O–H groups in total. The van der Waals surface area contributed by atoms with Crippen molar-refractivity contribution in [1.82, 2.24) is 0 Å². The maximum absolute atomic E-state index is 12.2. The number of rotatable bonds is 4. The van der Waals surface area contributed by atoms with Gasteiger partial charge in [-0.2, -0.15) is 0 Å². The van der Waals surface area contributed by atoms with E-state index in [0.29, 0.717) is 19.3 Å². The highest BCUT2D eigenvalue weighted by Gasteiger charge is 2.20. The summed E-state index contributed by atoms with van der Waals surface area (Å²) in [6, 6.07) is 13.1. The molecule has 1 aliphatic heterocycles. The number of ether oxygens (including phenoxy) is 1. The first-order valence-electron chi connectivity index (χ1n) is 7.89. The number of carbonyl (C=O) groups is 2. The van der Waals surface area contributed by atoms with Gasteiger partial charge in [-0.05, 0) is 47.9 Å². The normalized spacial score (nSPS) is 13.4. The van der Waals surface area contributed by atoms with Crippen LogP contribution < -0.4 is 15.0 Å². The Labute approximate surface area is 141 Å². The Morgan fingerprint density at radius 1 is 1.17 bits per heavy atom. The van der Waals surface area contributed by atoms with Gasteiger partial charge < -0.3 is 15.0 Å². The van der Waals surface area contributed by atoms with E-state index >= 15 is 0 Å². The van der Waals surface area contributed by atoms with E-state index in [1.165, 1.54) is 0 Å². The molecule has 0 atom stereocenters. The van der Waals surface area contributed by atoms with Crippen molar-refractivity contribution in [3.05, 3.63) is 53.6 Å². The highest BCUT2D eigenvalue weighted by Crippen LogP contribution is 2.29. The minimum absolute atomic E-state index is 0.0691. The van der Waals surface area contributed by atoms with Crippen LogP contribution in [0.2, 0.25) is 0 Å². The third-order valence-electron chi connectivity index (χ3n) is 4.23. The molecule has 24 heavy (non-hydrogen) atoms. The minimum Gasteiger partial charge on any atom is -0.497 e. The lowest BCUT2D eigenvalue weighted by Gasteiger charge is -2.26. The van der Waals surface area contributed by atoms with E-state index in [4.69, 9.17) is 4.74 Å². The first kappa shape index (κ1) is 16.1. The van der Waals surface area contributed by atoms with Crippen LogP contribution in [0.25, 0.3) is 0 Å². The standard InChI is InChI=1S/C19H20N2O3/c1-21-17-9-6-15(12-14(17)5-10-19(21)23)20-18(22)11-13-3-7-16(24-2)8-4-13/h3-4,6-9,12H,5,10-11H2,1-2H3,(H,20,22). The summed E-state index contributed by atoms with van der Waals surface area (Å²) in [7, 11) is 3.39. The highest BCUT2D eigenvalue weighted by atomic mass is 16.5. The molecule has 0 saturated carbocycles. The van der Waals surface area contributed by atoms with E-state index in [9.17, 15) is 9.59 Å². The first-order chi connectivity index (χ1) is 11.6. The van der Waals surface area contributed by atoms with Crippen LogP contribution in [-0.2, 0) is 22.4 Å². The van der Waals surface area contributed by atoms with Gasteiger partial charge >= 0.3 is 0 Å². The van der Waals surface area contributed by atoms with Gasteiger partial charge in [0.1, 0.15) is 5.75 Å². The van der Waals surface area contributed by atoms with Crippen LogP contribution in [0.1, 0.15) is 17.5 Å². The van der Waals surface area contributed by atoms with Gasteiger partial charge in [0.05, 0.1) is 13.5 Å². The van der Waals surface area contributed by atoms with Crippen LogP contribution in [0, 0.1) is 0 Å². The molecule has 0 saturated heterocycles. The van der Waals surface area contributed by atoms with Crippen molar-refractivity contribution in [3.8, 4) is 5.75 Å². The van der Waals surface area contributed by atoms with Crippen LogP contribution in [-0.4, -0.2) is 26.0 Å². The molecule has 5 heteroatoms. The number of benzene rings is 2. The lowest BCUT2D eigenvalue weighted by molar-refractivity contribution is -0.118. The lowest BCUT2D eigenvalue weighted by Crippen LogP contribution is -2.31. The number of fused-ring (bicyclic) bond motifs is 1. The molecule has 3 rings (SSSR count). The molecule has 2 amide bonds. The van der Waals surface area contributed by atoms with Gasteiger partial charge in [0.2, 0.25) is 11.8 Å². The second-order valence-electron chi connectivity index (χ2n) is 5.87. The first-order valence-corrected chi connectivity index (χ1v) is 7.89. The maximum Gasteiger partial charge on any atom is 0.228 e. The Kier molecular flexibility index (Phi) is 4.51. The molecule has 2 aromatic rings. The number of hydrogen-bond donors (Lipinski definition) is 1. The molecule has 0 unspecified atom stereocenters. The van der Waals surface area contributed by atoms with Crippen molar-refractivity contribution in [2.45, 2.75) is 19.3 Å². The Hall–Kier alpha value is -2.82. The van der Waals surface area contributed by atoms with E-state index < -0.39 is 0 Å². The lowest BCUT2D eigenvalue weighted by atomic mass is 10.0. The third kappa shape index (κ3) is 3.40. The number of anilines is 2. The van der Waals surface area contributed by atoms with Crippen molar-refractivity contribution in [1.29, 1.82) is 0 Å². The molecule has 124 valence electrons. The molecule has 0 radical (unpaired) electrons. The van der Waals surface area contributed by atoms with Crippen molar-refractivity contribution in [3.63, 3.8) is 0 Å². The number of nitrogens with one attached hydrogen (secondary N) is 1. The summed E-state index contributed by atoms with van der Waals surface area (Å²) in [6.45, 7) is 0. The average Bonchev–Trinajstić information content (AvgIpc) is 2.59. The van der Waals surface area contributed by atoms with Crippen molar-refractivity contribution < 1.29 is 14.3 Å². The van der Waals surface area contributed by atoms with Crippen LogP contribution in [0.5, 0.6) is 5.75 Å². The monoisotopic (exact) mass is 324 g/mol. The molecule has 2 aromatic carbocycles. The van der Waals surface area contributed by atoms with Gasteiger partial charge in [-0.1, -0.05) is 12.1 Å². The molecular weight excluding hydrogens is 304 g/mol. The summed E-state index contributed by atoms with van der Waals surface area (Å²) < 4.78 is 5.11. The van der Waals surface area contributed by atoms with Gasteiger partial charge in [0.25, 0.3) is 0 Å².